The minimum atomic E-state index is -0.874. The Morgan fingerprint density at radius 1 is 1.40 bits per heavy atom. The van der Waals surface area contributed by atoms with Crippen LogP contribution in [0.1, 0.15) is 27.2 Å². The molecule has 0 bridgehead atoms. The molecule has 5 nitrogen and oxygen atoms in total. The number of aryl methyl sites for hydroxylation is 1. The third-order valence-electron chi connectivity index (χ3n) is 3.59. The quantitative estimate of drug-likeness (QED) is 0.892. The van der Waals surface area contributed by atoms with E-state index in [1.54, 1.807) is 0 Å². The molecule has 0 spiro atoms. The molecule has 20 heavy (non-hydrogen) atoms. The number of nitrogens with zero attached hydrogens (tertiary/aromatic N) is 3. The van der Waals surface area contributed by atoms with Crippen LogP contribution in [0.15, 0.2) is 18.2 Å². The minimum absolute atomic E-state index is 0.283. The lowest BCUT2D eigenvalue weighted by molar-refractivity contribution is 0.0915. The summed E-state index contributed by atoms with van der Waals surface area (Å²) in [5.74, 6) is 0. The van der Waals surface area contributed by atoms with Crippen molar-refractivity contribution >= 4 is 11.3 Å². The molecule has 3 rings (SSSR count). The molecule has 2 aromatic heterocycles. The summed E-state index contributed by atoms with van der Waals surface area (Å²) in [6.07, 6.45) is -0.874. The molecule has 6 heteroatoms. The molecule has 1 aliphatic rings. The summed E-state index contributed by atoms with van der Waals surface area (Å²) in [5, 5.41) is 23.0. The highest BCUT2D eigenvalue weighted by molar-refractivity contribution is 7.11. The lowest BCUT2D eigenvalue weighted by Gasteiger charge is -2.26. The lowest BCUT2D eigenvalue weighted by Crippen LogP contribution is -2.33. The van der Waals surface area contributed by atoms with Crippen molar-refractivity contribution in [2.75, 3.05) is 13.2 Å². The Balaban J connectivity index is 1.70. The standard InChI is InChI=1S/C14H19N3O2S/c1-10-2-3-12(20-10)8-16-4-5-17-11(7-16)6-13(15-17)14(19)9-18/h2-3,6,14,18-19H,4-5,7-9H2,1H3/t14-/m0/s1. The summed E-state index contributed by atoms with van der Waals surface area (Å²) in [4.78, 5) is 5.11. The first kappa shape index (κ1) is 13.8. The average molecular weight is 293 g/mol. The van der Waals surface area contributed by atoms with Gasteiger partial charge in [-0.15, -0.1) is 11.3 Å². The molecule has 0 saturated carbocycles. The maximum atomic E-state index is 9.64. The zero-order chi connectivity index (χ0) is 14.1. The van der Waals surface area contributed by atoms with E-state index in [2.05, 4.69) is 29.1 Å². The van der Waals surface area contributed by atoms with Gasteiger partial charge in [0.2, 0.25) is 0 Å². The highest BCUT2D eigenvalue weighted by Crippen LogP contribution is 2.22. The molecule has 108 valence electrons. The van der Waals surface area contributed by atoms with E-state index in [9.17, 15) is 5.11 Å². The first-order valence-electron chi connectivity index (χ1n) is 6.79. The molecule has 3 heterocycles. The third kappa shape index (κ3) is 2.78. The molecular formula is C14H19N3O2S. The predicted octanol–water partition coefficient (Wildman–Crippen LogP) is 1.29. The van der Waals surface area contributed by atoms with Crippen molar-refractivity contribution < 1.29 is 10.2 Å². The van der Waals surface area contributed by atoms with Gasteiger partial charge in [-0.1, -0.05) is 0 Å². The molecule has 0 amide bonds. The molecule has 0 aromatic carbocycles. The second-order valence-electron chi connectivity index (χ2n) is 5.21. The Kier molecular flexibility index (Phi) is 3.89. The van der Waals surface area contributed by atoms with Crippen LogP contribution in [0.4, 0.5) is 0 Å². The van der Waals surface area contributed by atoms with Gasteiger partial charge in [0, 0.05) is 29.4 Å². The molecule has 0 radical (unpaired) electrons. The lowest BCUT2D eigenvalue weighted by atomic mass is 10.2. The van der Waals surface area contributed by atoms with E-state index in [1.165, 1.54) is 9.75 Å². The van der Waals surface area contributed by atoms with Gasteiger partial charge < -0.3 is 10.2 Å². The van der Waals surface area contributed by atoms with Crippen molar-refractivity contribution in [3.05, 3.63) is 39.3 Å². The molecular weight excluding hydrogens is 274 g/mol. The zero-order valence-electron chi connectivity index (χ0n) is 11.5. The fraction of sp³-hybridized carbons (Fsp3) is 0.500. The molecule has 1 aliphatic heterocycles. The molecule has 0 aliphatic carbocycles. The van der Waals surface area contributed by atoms with E-state index in [-0.39, 0.29) is 6.61 Å². The first-order valence-corrected chi connectivity index (χ1v) is 7.60. The third-order valence-corrected chi connectivity index (χ3v) is 4.57. The van der Waals surface area contributed by atoms with E-state index in [1.807, 2.05) is 22.1 Å². The molecule has 0 fully saturated rings. The molecule has 2 N–H and O–H groups in total. The number of aliphatic hydroxyl groups excluding tert-OH is 2. The maximum absolute atomic E-state index is 9.64. The van der Waals surface area contributed by atoms with E-state index in [0.29, 0.717) is 5.69 Å². The minimum Gasteiger partial charge on any atom is -0.393 e. The van der Waals surface area contributed by atoms with Crippen LogP contribution < -0.4 is 0 Å². The predicted molar refractivity (Wildman–Crippen MR) is 77.4 cm³/mol. The fourth-order valence-corrected chi connectivity index (χ4v) is 3.46. The Hall–Kier alpha value is -1.21. The van der Waals surface area contributed by atoms with Crippen molar-refractivity contribution in [1.29, 1.82) is 0 Å². The molecule has 1 atom stereocenters. The van der Waals surface area contributed by atoms with Gasteiger partial charge in [0.15, 0.2) is 0 Å². The van der Waals surface area contributed by atoms with Crippen LogP contribution >= 0.6 is 11.3 Å². The SMILES string of the molecule is Cc1ccc(CN2CCn3nc([C@@H](O)CO)cc3C2)s1. The number of hydrogen-bond donors (Lipinski definition) is 2. The van der Waals surface area contributed by atoms with E-state index in [0.717, 1.165) is 31.9 Å². The largest absolute Gasteiger partial charge is 0.393 e. The Bertz CT molecular complexity index is 593. The first-order chi connectivity index (χ1) is 9.65. The van der Waals surface area contributed by atoms with Crippen LogP contribution in [0.25, 0.3) is 0 Å². The smallest absolute Gasteiger partial charge is 0.121 e. The van der Waals surface area contributed by atoms with Crippen molar-refractivity contribution in [3.63, 3.8) is 0 Å². The number of rotatable bonds is 4. The molecule has 0 unspecified atom stereocenters. The topological polar surface area (TPSA) is 61.5 Å². The number of aromatic nitrogens is 2. The highest BCUT2D eigenvalue weighted by Gasteiger charge is 2.21. The molecule has 0 saturated heterocycles. The van der Waals surface area contributed by atoms with Crippen LogP contribution in [-0.2, 0) is 19.6 Å². The molecule has 2 aromatic rings. The second kappa shape index (κ2) is 5.65. The van der Waals surface area contributed by atoms with Crippen LogP contribution in [0.3, 0.4) is 0 Å². The van der Waals surface area contributed by atoms with Gasteiger partial charge in [-0.2, -0.15) is 5.10 Å². The van der Waals surface area contributed by atoms with Gasteiger partial charge in [-0.25, -0.2) is 0 Å². The van der Waals surface area contributed by atoms with Gasteiger partial charge in [-0.05, 0) is 25.1 Å². The second-order valence-corrected chi connectivity index (χ2v) is 6.58. The van der Waals surface area contributed by atoms with Gasteiger partial charge in [-0.3, -0.25) is 9.58 Å². The van der Waals surface area contributed by atoms with Crippen molar-refractivity contribution in [2.24, 2.45) is 0 Å². The normalized spacial score (nSPS) is 17.1. The summed E-state index contributed by atoms with van der Waals surface area (Å²) >= 11 is 1.84. The van der Waals surface area contributed by atoms with Crippen molar-refractivity contribution in [1.82, 2.24) is 14.7 Å². The summed E-state index contributed by atoms with van der Waals surface area (Å²) in [6.45, 7) is 5.43. The number of fused-ring (bicyclic) bond motifs is 1. The van der Waals surface area contributed by atoms with Gasteiger partial charge in [0.1, 0.15) is 6.10 Å². The van der Waals surface area contributed by atoms with Crippen molar-refractivity contribution in [2.45, 2.75) is 32.7 Å². The Labute approximate surface area is 122 Å². The van der Waals surface area contributed by atoms with Crippen LogP contribution in [-0.4, -0.2) is 38.0 Å². The zero-order valence-corrected chi connectivity index (χ0v) is 12.3. The summed E-state index contributed by atoms with van der Waals surface area (Å²) < 4.78 is 1.93. The fourth-order valence-electron chi connectivity index (χ4n) is 2.52. The van der Waals surface area contributed by atoms with E-state index < -0.39 is 6.10 Å². The summed E-state index contributed by atoms with van der Waals surface area (Å²) in [7, 11) is 0. The highest BCUT2D eigenvalue weighted by atomic mass is 32.1. The number of hydrogen-bond acceptors (Lipinski definition) is 5. The van der Waals surface area contributed by atoms with Crippen LogP contribution in [0.2, 0.25) is 0 Å². The van der Waals surface area contributed by atoms with Crippen LogP contribution in [0.5, 0.6) is 0 Å². The van der Waals surface area contributed by atoms with Gasteiger partial charge in [0.25, 0.3) is 0 Å². The maximum Gasteiger partial charge on any atom is 0.121 e. The summed E-state index contributed by atoms with van der Waals surface area (Å²) in [6, 6.07) is 6.24. The van der Waals surface area contributed by atoms with Crippen molar-refractivity contribution in [3.8, 4) is 0 Å². The van der Waals surface area contributed by atoms with Crippen LogP contribution in [0, 0.1) is 6.92 Å². The Morgan fingerprint density at radius 3 is 2.95 bits per heavy atom. The van der Waals surface area contributed by atoms with E-state index in [4.69, 9.17) is 5.11 Å². The summed E-state index contributed by atoms with van der Waals surface area (Å²) in [5.41, 5.74) is 1.67. The monoisotopic (exact) mass is 293 g/mol. The van der Waals surface area contributed by atoms with Gasteiger partial charge >= 0.3 is 0 Å². The van der Waals surface area contributed by atoms with E-state index >= 15 is 0 Å². The average Bonchev–Trinajstić information content (AvgIpc) is 3.03. The van der Waals surface area contributed by atoms with Gasteiger partial charge in [0.05, 0.1) is 24.5 Å². The number of aliphatic hydroxyl groups is 2. The number of thiophene rings is 1. The Morgan fingerprint density at radius 2 is 2.25 bits per heavy atom.